The molecule has 1 aromatic heterocycles. The maximum atomic E-state index is 12.7. The molecule has 1 atom stereocenters. The van der Waals surface area contributed by atoms with Gasteiger partial charge in [0.05, 0.1) is 40.7 Å². The number of nitriles is 1. The van der Waals surface area contributed by atoms with Gasteiger partial charge in [-0.3, -0.25) is 5.32 Å². The maximum Gasteiger partial charge on any atom is 0.425 e. The predicted molar refractivity (Wildman–Crippen MR) is 139 cm³/mol. The van der Waals surface area contributed by atoms with Crippen LogP contribution in [0.1, 0.15) is 37.8 Å². The number of benzene rings is 2. The summed E-state index contributed by atoms with van der Waals surface area (Å²) in [5.41, 5.74) is 4.07. The Labute approximate surface area is 222 Å². The van der Waals surface area contributed by atoms with Gasteiger partial charge in [-0.15, -0.1) is 0 Å². The largest absolute Gasteiger partial charge is 0.437 e. The highest BCUT2D eigenvalue weighted by Crippen LogP contribution is 2.44. The molecule has 3 aromatic rings. The number of hydrogen-bond acceptors (Lipinski definition) is 5. The van der Waals surface area contributed by atoms with Gasteiger partial charge in [0.1, 0.15) is 6.07 Å². The lowest BCUT2D eigenvalue weighted by atomic mass is 9.92. The zero-order valence-electron chi connectivity index (χ0n) is 20.6. The van der Waals surface area contributed by atoms with Gasteiger partial charge in [0.25, 0.3) is 0 Å². The summed E-state index contributed by atoms with van der Waals surface area (Å²) in [7, 11) is 0. The Hall–Kier alpha value is -3.42. The van der Waals surface area contributed by atoms with Crippen LogP contribution in [0.4, 0.5) is 29.3 Å². The molecule has 38 heavy (non-hydrogen) atoms. The van der Waals surface area contributed by atoms with Gasteiger partial charge in [0, 0.05) is 35.8 Å². The van der Waals surface area contributed by atoms with Crippen LogP contribution in [0.15, 0.2) is 36.4 Å². The van der Waals surface area contributed by atoms with Gasteiger partial charge in [0.15, 0.2) is 6.10 Å². The van der Waals surface area contributed by atoms with Gasteiger partial charge in [0.2, 0.25) is 0 Å². The first-order valence-electron chi connectivity index (χ1n) is 12.4. The van der Waals surface area contributed by atoms with Crippen molar-refractivity contribution in [3.05, 3.63) is 47.0 Å². The number of ether oxygens (including phenoxy) is 2. The number of nitrogens with zero attached hydrogens (tertiary/aromatic N) is 3. The van der Waals surface area contributed by atoms with E-state index in [1.54, 1.807) is 12.1 Å². The second-order valence-electron chi connectivity index (χ2n) is 9.50. The smallest absolute Gasteiger partial charge is 0.425 e. The molecule has 0 bridgehead atoms. The number of carbonyl (C=O) groups excluding carboxylic acids is 1. The molecule has 7 nitrogen and oxygen atoms in total. The van der Waals surface area contributed by atoms with E-state index >= 15 is 0 Å². The molecule has 1 aliphatic heterocycles. The highest BCUT2D eigenvalue weighted by Gasteiger charge is 2.39. The molecule has 1 aliphatic carbocycles. The van der Waals surface area contributed by atoms with Crippen molar-refractivity contribution in [3.63, 3.8) is 0 Å². The number of rotatable bonds is 5. The lowest BCUT2D eigenvalue weighted by Crippen LogP contribution is -2.36. The number of morpholine rings is 1. The van der Waals surface area contributed by atoms with E-state index < -0.39 is 18.4 Å². The fourth-order valence-electron chi connectivity index (χ4n) is 4.87. The Balaban J connectivity index is 1.52. The molecule has 1 N–H and O–H groups in total. The number of halogens is 4. The quantitative estimate of drug-likeness (QED) is 0.377. The Morgan fingerprint density at radius 2 is 1.95 bits per heavy atom. The molecule has 0 spiro atoms. The summed E-state index contributed by atoms with van der Waals surface area (Å²) in [6.45, 7) is 3.66. The molecule has 2 aliphatic rings. The highest BCUT2D eigenvalue weighted by molar-refractivity contribution is 6.34. The normalized spacial score (nSPS) is 17.1. The van der Waals surface area contributed by atoms with Gasteiger partial charge >= 0.3 is 12.3 Å². The maximum absolute atomic E-state index is 12.7. The predicted octanol–water partition coefficient (Wildman–Crippen LogP) is 6.89. The van der Waals surface area contributed by atoms with E-state index in [-0.39, 0.29) is 16.8 Å². The van der Waals surface area contributed by atoms with E-state index in [9.17, 15) is 23.2 Å². The van der Waals surface area contributed by atoms with Crippen molar-refractivity contribution < 1.29 is 27.4 Å². The van der Waals surface area contributed by atoms with Crippen molar-refractivity contribution in [1.82, 2.24) is 4.57 Å². The molecule has 0 unspecified atom stereocenters. The fourth-order valence-corrected chi connectivity index (χ4v) is 5.10. The van der Waals surface area contributed by atoms with Gasteiger partial charge in [-0.2, -0.15) is 18.4 Å². The molecule has 0 radical (unpaired) electrons. The molecule has 200 valence electrons. The van der Waals surface area contributed by atoms with Crippen LogP contribution in [0.5, 0.6) is 0 Å². The first-order chi connectivity index (χ1) is 18.2. The van der Waals surface area contributed by atoms with Crippen molar-refractivity contribution in [2.24, 2.45) is 0 Å². The van der Waals surface area contributed by atoms with Crippen molar-refractivity contribution in [2.45, 2.75) is 44.5 Å². The minimum atomic E-state index is -4.67. The molecule has 1 amide bonds. The van der Waals surface area contributed by atoms with E-state index in [2.05, 4.69) is 31.7 Å². The molecule has 2 aromatic carbocycles. The standard InChI is InChI=1S/C27H26ClF3N4O3/c1-16(27(29,30)31)38-26(36)33-23-8-5-17(13-22(23)28)25-21(15-32)20-7-6-19(34-9-11-37-12-10-34)14-24(20)35(25)18-3-2-4-18/h5-8,13-14,16,18H,2-4,9-12H2,1H3,(H,33,36)/t16-/m1/s1. The second kappa shape index (κ2) is 10.4. The van der Waals surface area contributed by atoms with Crippen LogP contribution in [-0.4, -0.2) is 49.2 Å². The lowest BCUT2D eigenvalue weighted by Gasteiger charge is -2.31. The van der Waals surface area contributed by atoms with E-state index in [0.717, 1.165) is 61.6 Å². The van der Waals surface area contributed by atoms with Gasteiger partial charge < -0.3 is 18.9 Å². The third-order valence-corrected chi connectivity index (χ3v) is 7.45. The number of amides is 1. The van der Waals surface area contributed by atoms with Crippen molar-refractivity contribution in [3.8, 4) is 17.3 Å². The minimum Gasteiger partial charge on any atom is -0.437 e. The number of aromatic nitrogens is 1. The number of alkyl halides is 3. The van der Waals surface area contributed by atoms with Crippen LogP contribution in [0.2, 0.25) is 5.02 Å². The Bertz CT molecular complexity index is 1410. The highest BCUT2D eigenvalue weighted by atomic mass is 35.5. The molecule has 11 heteroatoms. The van der Waals surface area contributed by atoms with Crippen LogP contribution < -0.4 is 10.2 Å². The lowest BCUT2D eigenvalue weighted by molar-refractivity contribution is -0.196. The molecule has 1 saturated carbocycles. The molecular formula is C27H26ClF3N4O3. The van der Waals surface area contributed by atoms with Crippen LogP contribution in [-0.2, 0) is 9.47 Å². The number of hydrogen-bond donors (Lipinski definition) is 1. The summed E-state index contributed by atoms with van der Waals surface area (Å²) in [5, 5.41) is 13.4. The molecular weight excluding hydrogens is 521 g/mol. The third-order valence-electron chi connectivity index (χ3n) is 7.14. The van der Waals surface area contributed by atoms with E-state index in [0.29, 0.717) is 24.3 Å². The van der Waals surface area contributed by atoms with Gasteiger partial charge in [-0.25, -0.2) is 4.79 Å². The zero-order chi connectivity index (χ0) is 27.0. The van der Waals surface area contributed by atoms with Crippen molar-refractivity contribution in [1.29, 1.82) is 5.26 Å². The van der Waals surface area contributed by atoms with Crippen molar-refractivity contribution >= 4 is 40.0 Å². The summed E-state index contributed by atoms with van der Waals surface area (Å²) < 4.78 is 50.3. The van der Waals surface area contributed by atoms with Gasteiger partial charge in [-0.1, -0.05) is 17.7 Å². The number of nitrogens with one attached hydrogen (secondary N) is 1. The Morgan fingerprint density at radius 1 is 1.21 bits per heavy atom. The van der Waals surface area contributed by atoms with Gasteiger partial charge in [-0.05, 0) is 56.5 Å². The number of carbonyl (C=O) groups is 1. The zero-order valence-corrected chi connectivity index (χ0v) is 21.4. The van der Waals surface area contributed by atoms with E-state index in [4.69, 9.17) is 16.3 Å². The SMILES string of the molecule is C[C@@H](OC(=O)Nc1ccc(-c2c(C#N)c3ccc(N4CCOCC4)cc3n2C2CCC2)cc1Cl)C(F)(F)F. The number of fused-ring (bicyclic) bond motifs is 1. The molecule has 2 heterocycles. The Morgan fingerprint density at radius 3 is 2.55 bits per heavy atom. The van der Waals surface area contributed by atoms with Crippen LogP contribution in [0.25, 0.3) is 22.2 Å². The second-order valence-corrected chi connectivity index (χ2v) is 9.91. The van der Waals surface area contributed by atoms with Crippen molar-refractivity contribution in [2.75, 3.05) is 36.5 Å². The first-order valence-corrected chi connectivity index (χ1v) is 12.8. The summed E-state index contributed by atoms with van der Waals surface area (Å²) in [5.74, 6) is 0. The summed E-state index contributed by atoms with van der Waals surface area (Å²) >= 11 is 6.45. The van der Waals surface area contributed by atoms with Crippen LogP contribution >= 0.6 is 11.6 Å². The van der Waals surface area contributed by atoms with E-state index in [1.165, 1.54) is 6.07 Å². The van der Waals surface area contributed by atoms with Crippen LogP contribution in [0, 0.1) is 11.3 Å². The molecule has 2 fully saturated rings. The monoisotopic (exact) mass is 546 g/mol. The van der Waals surface area contributed by atoms with Crippen LogP contribution in [0.3, 0.4) is 0 Å². The average Bonchev–Trinajstić information content (AvgIpc) is 3.17. The summed E-state index contributed by atoms with van der Waals surface area (Å²) in [6.07, 6.45) is -5.13. The molecule has 1 saturated heterocycles. The van der Waals surface area contributed by atoms with E-state index in [1.807, 2.05) is 12.1 Å². The summed E-state index contributed by atoms with van der Waals surface area (Å²) in [4.78, 5) is 14.3. The third kappa shape index (κ3) is 5.00. The summed E-state index contributed by atoms with van der Waals surface area (Å²) in [6, 6.07) is 13.5. The molecule has 5 rings (SSSR count). The first kappa shape index (κ1) is 26.2. The Kier molecular flexibility index (Phi) is 7.16. The number of anilines is 2. The average molecular weight is 547 g/mol. The topological polar surface area (TPSA) is 79.5 Å². The fraction of sp³-hybridized carbons (Fsp3) is 0.407. The minimum absolute atomic E-state index is 0.106.